The van der Waals surface area contributed by atoms with Gasteiger partial charge in [-0.15, -0.1) is 0 Å². The SMILES string of the molecule is COC(=O)c1cc(N)ccc1O.COC(=O)c1cc(NCCc2ccc(C)cc2)ccc1O. The number of phenolic OH excluding ortho intramolecular Hbond substituents is 2. The molecule has 0 atom stereocenters. The number of anilines is 2. The number of aryl methyl sites for hydroxylation is 1. The van der Waals surface area contributed by atoms with Gasteiger partial charge in [0.05, 0.1) is 14.2 Å². The maximum absolute atomic E-state index is 11.5. The molecule has 33 heavy (non-hydrogen) atoms. The van der Waals surface area contributed by atoms with Gasteiger partial charge in [0.2, 0.25) is 0 Å². The number of methoxy groups -OCH3 is 2. The summed E-state index contributed by atoms with van der Waals surface area (Å²) in [5.41, 5.74) is 9.33. The van der Waals surface area contributed by atoms with Crippen molar-refractivity contribution >= 4 is 23.3 Å². The Hall–Kier alpha value is -4.20. The summed E-state index contributed by atoms with van der Waals surface area (Å²) >= 11 is 0. The Morgan fingerprint density at radius 2 is 1.39 bits per heavy atom. The minimum absolute atomic E-state index is 0.0778. The zero-order valence-corrected chi connectivity index (χ0v) is 18.8. The molecule has 0 bridgehead atoms. The first-order valence-corrected chi connectivity index (χ1v) is 10.1. The van der Waals surface area contributed by atoms with Gasteiger partial charge in [0.1, 0.15) is 22.6 Å². The van der Waals surface area contributed by atoms with Gasteiger partial charge in [0.15, 0.2) is 0 Å². The molecule has 0 fully saturated rings. The highest BCUT2D eigenvalue weighted by molar-refractivity contribution is 5.94. The van der Waals surface area contributed by atoms with E-state index in [2.05, 4.69) is 46.0 Å². The summed E-state index contributed by atoms with van der Waals surface area (Å²) in [5.74, 6) is -1.35. The van der Waals surface area contributed by atoms with Crippen molar-refractivity contribution in [2.75, 3.05) is 31.8 Å². The normalized spacial score (nSPS) is 9.91. The first-order valence-electron chi connectivity index (χ1n) is 10.1. The molecule has 3 rings (SSSR count). The molecule has 0 aromatic heterocycles. The standard InChI is InChI=1S/C17H19NO3.C8H9NO3/c1-12-3-5-13(6-4-12)9-10-18-14-7-8-16(19)15(11-14)17(20)21-2;1-12-8(11)6-4-5(9)2-3-7(6)10/h3-8,11,18-19H,9-10H2,1-2H3;2-4,10H,9H2,1H3. The molecule has 3 aromatic carbocycles. The number of ether oxygens (including phenoxy) is 2. The van der Waals surface area contributed by atoms with Crippen molar-refractivity contribution in [1.29, 1.82) is 0 Å². The summed E-state index contributed by atoms with van der Waals surface area (Å²) in [6.45, 7) is 2.81. The Bertz CT molecular complexity index is 1100. The third-order valence-electron chi connectivity index (χ3n) is 4.69. The van der Waals surface area contributed by atoms with Crippen molar-refractivity contribution in [2.24, 2.45) is 0 Å². The largest absolute Gasteiger partial charge is 0.507 e. The van der Waals surface area contributed by atoms with Crippen LogP contribution in [0.2, 0.25) is 0 Å². The lowest BCUT2D eigenvalue weighted by Gasteiger charge is -2.09. The highest BCUT2D eigenvalue weighted by Gasteiger charge is 2.12. The zero-order chi connectivity index (χ0) is 24.4. The zero-order valence-electron chi connectivity index (χ0n) is 18.8. The number of nitrogens with two attached hydrogens (primary N) is 1. The number of phenols is 2. The topological polar surface area (TPSA) is 131 Å². The molecule has 8 nitrogen and oxygen atoms in total. The fraction of sp³-hybridized carbons (Fsp3) is 0.200. The molecule has 5 N–H and O–H groups in total. The lowest BCUT2D eigenvalue weighted by atomic mass is 10.1. The van der Waals surface area contributed by atoms with Crippen LogP contribution in [0.25, 0.3) is 0 Å². The van der Waals surface area contributed by atoms with Crippen molar-refractivity contribution in [3.63, 3.8) is 0 Å². The average Bonchev–Trinajstić information content (AvgIpc) is 2.82. The Labute approximate surface area is 192 Å². The highest BCUT2D eigenvalue weighted by Crippen LogP contribution is 2.22. The van der Waals surface area contributed by atoms with Crippen LogP contribution < -0.4 is 11.1 Å². The molecule has 0 saturated heterocycles. The molecule has 0 spiro atoms. The van der Waals surface area contributed by atoms with Crippen molar-refractivity contribution in [3.8, 4) is 11.5 Å². The number of carbonyl (C=O) groups excluding carboxylic acids is 2. The first-order chi connectivity index (χ1) is 15.7. The van der Waals surface area contributed by atoms with Crippen molar-refractivity contribution in [2.45, 2.75) is 13.3 Å². The smallest absolute Gasteiger partial charge is 0.341 e. The Morgan fingerprint density at radius 3 is 1.97 bits per heavy atom. The second-order valence-electron chi connectivity index (χ2n) is 7.15. The number of carbonyl (C=O) groups is 2. The summed E-state index contributed by atoms with van der Waals surface area (Å²) in [6.07, 6.45) is 0.884. The van der Waals surface area contributed by atoms with E-state index in [-0.39, 0.29) is 22.6 Å². The summed E-state index contributed by atoms with van der Waals surface area (Å²) in [4.78, 5) is 22.5. The van der Waals surface area contributed by atoms with E-state index in [1.165, 1.54) is 49.6 Å². The number of nitrogen functional groups attached to an aromatic ring is 1. The Kier molecular flexibility index (Phi) is 9.11. The number of benzene rings is 3. The van der Waals surface area contributed by atoms with E-state index in [9.17, 15) is 19.8 Å². The summed E-state index contributed by atoms with van der Waals surface area (Å²) < 4.78 is 9.05. The molecule has 8 heteroatoms. The van der Waals surface area contributed by atoms with E-state index in [0.29, 0.717) is 5.69 Å². The fourth-order valence-corrected chi connectivity index (χ4v) is 2.85. The minimum Gasteiger partial charge on any atom is -0.507 e. The third kappa shape index (κ3) is 7.46. The number of esters is 2. The second kappa shape index (κ2) is 12.0. The number of hydrogen-bond acceptors (Lipinski definition) is 8. The number of hydrogen-bond donors (Lipinski definition) is 4. The molecular formula is C25H28N2O6. The van der Waals surface area contributed by atoms with Gasteiger partial charge < -0.3 is 30.7 Å². The van der Waals surface area contributed by atoms with Crippen molar-refractivity contribution in [3.05, 3.63) is 82.9 Å². The van der Waals surface area contributed by atoms with Crippen molar-refractivity contribution < 1.29 is 29.3 Å². The molecule has 0 unspecified atom stereocenters. The van der Waals surface area contributed by atoms with Crippen LogP contribution >= 0.6 is 0 Å². The van der Waals surface area contributed by atoms with Crippen LogP contribution in [-0.2, 0) is 15.9 Å². The number of nitrogens with one attached hydrogen (secondary N) is 1. The monoisotopic (exact) mass is 452 g/mol. The van der Waals surface area contributed by atoms with Gasteiger partial charge in [-0.3, -0.25) is 0 Å². The Balaban J connectivity index is 0.000000273. The molecule has 0 aliphatic carbocycles. The van der Waals surface area contributed by atoms with Crippen LogP contribution in [0.1, 0.15) is 31.8 Å². The van der Waals surface area contributed by atoms with E-state index in [4.69, 9.17) is 5.73 Å². The van der Waals surface area contributed by atoms with Gasteiger partial charge in [-0.05, 0) is 55.3 Å². The van der Waals surface area contributed by atoms with Crippen LogP contribution in [0.15, 0.2) is 60.7 Å². The summed E-state index contributed by atoms with van der Waals surface area (Å²) in [5, 5.41) is 22.1. The van der Waals surface area contributed by atoms with Crippen LogP contribution in [0.4, 0.5) is 11.4 Å². The van der Waals surface area contributed by atoms with E-state index >= 15 is 0 Å². The van der Waals surface area contributed by atoms with E-state index in [0.717, 1.165) is 18.7 Å². The van der Waals surface area contributed by atoms with Gasteiger partial charge in [-0.25, -0.2) is 9.59 Å². The highest BCUT2D eigenvalue weighted by atomic mass is 16.5. The van der Waals surface area contributed by atoms with Crippen LogP contribution in [0, 0.1) is 6.92 Å². The van der Waals surface area contributed by atoms with Gasteiger partial charge in [-0.1, -0.05) is 29.8 Å². The molecule has 0 radical (unpaired) electrons. The average molecular weight is 453 g/mol. The number of rotatable bonds is 6. The summed E-state index contributed by atoms with van der Waals surface area (Å²) in [7, 11) is 2.53. The molecule has 174 valence electrons. The summed E-state index contributed by atoms with van der Waals surface area (Å²) in [6, 6.07) is 17.4. The van der Waals surface area contributed by atoms with Crippen molar-refractivity contribution in [1.82, 2.24) is 0 Å². The number of aromatic hydroxyl groups is 2. The lowest BCUT2D eigenvalue weighted by molar-refractivity contribution is 0.0588. The van der Waals surface area contributed by atoms with Gasteiger partial charge in [0, 0.05) is 17.9 Å². The van der Waals surface area contributed by atoms with Gasteiger partial charge in [0.25, 0.3) is 0 Å². The molecule has 0 aliphatic heterocycles. The van der Waals surface area contributed by atoms with Gasteiger partial charge >= 0.3 is 11.9 Å². The molecular weight excluding hydrogens is 424 g/mol. The predicted molar refractivity (Wildman–Crippen MR) is 127 cm³/mol. The second-order valence-corrected chi connectivity index (χ2v) is 7.15. The lowest BCUT2D eigenvalue weighted by Crippen LogP contribution is -2.07. The minimum atomic E-state index is -0.597. The predicted octanol–water partition coefficient (Wildman–Crippen LogP) is 3.90. The fourth-order valence-electron chi connectivity index (χ4n) is 2.85. The molecule has 0 saturated carbocycles. The quantitative estimate of drug-likeness (QED) is 0.252. The maximum atomic E-state index is 11.5. The molecule has 0 amide bonds. The van der Waals surface area contributed by atoms with Gasteiger partial charge in [-0.2, -0.15) is 0 Å². The molecule has 3 aromatic rings. The molecule has 0 heterocycles. The maximum Gasteiger partial charge on any atom is 0.341 e. The first kappa shape index (κ1) is 25.1. The van der Waals surface area contributed by atoms with E-state index < -0.39 is 11.9 Å². The molecule has 0 aliphatic rings. The van der Waals surface area contributed by atoms with E-state index in [1.54, 1.807) is 12.1 Å². The Morgan fingerprint density at radius 1 is 0.848 bits per heavy atom. The van der Waals surface area contributed by atoms with E-state index in [1.807, 2.05) is 0 Å². The van der Waals surface area contributed by atoms with Crippen LogP contribution in [0.5, 0.6) is 11.5 Å². The third-order valence-corrected chi connectivity index (χ3v) is 4.69. The van der Waals surface area contributed by atoms with Crippen LogP contribution in [-0.4, -0.2) is 42.9 Å². The van der Waals surface area contributed by atoms with Crippen LogP contribution in [0.3, 0.4) is 0 Å².